The van der Waals surface area contributed by atoms with E-state index in [4.69, 9.17) is 0 Å². The molecule has 1 aromatic carbocycles. The summed E-state index contributed by atoms with van der Waals surface area (Å²) in [5.41, 5.74) is 1.42. The summed E-state index contributed by atoms with van der Waals surface area (Å²) in [6, 6.07) is 6.78. The van der Waals surface area contributed by atoms with E-state index in [9.17, 15) is 13.2 Å². The van der Waals surface area contributed by atoms with Crippen LogP contribution < -0.4 is 4.31 Å². The van der Waals surface area contributed by atoms with Gasteiger partial charge in [0.25, 0.3) is 0 Å². The molecule has 0 unspecified atom stereocenters. The summed E-state index contributed by atoms with van der Waals surface area (Å²) in [5.74, 6) is -0.566. The quantitative estimate of drug-likeness (QED) is 0.680. The van der Waals surface area contributed by atoms with Gasteiger partial charge in [0.15, 0.2) is 0 Å². The average Bonchev–Trinajstić information content (AvgIpc) is 2.15. The number of nitrogens with zero attached hydrogens (tertiary/aromatic N) is 2. The van der Waals surface area contributed by atoms with Crippen molar-refractivity contribution in [3.05, 3.63) is 29.8 Å². The van der Waals surface area contributed by atoms with E-state index in [-0.39, 0.29) is 0 Å². The van der Waals surface area contributed by atoms with E-state index in [1.807, 2.05) is 0 Å². The Balaban J connectivity index is 2.78. The molecular weight excluding hydrogens is 228 g/mol. The van der Waals surface area contributed by atoms with Crippen LogP contribution in [0.1, 0.15) is 19.4 Å². The minimum atomic E-state index is -3.91. The lowest BCUT2D eigenvalue weighted by atomic mass is 10.1. The molecule has 1 aliphatic rings. The molecular formula is C10H10N2O3S. The first kappa shape index (κ1) is 10.8. The molecule has 2 rings (SSSR count). The predicted octanol–water partition coefficient (Wildman–Crippen LogP) is 1.11. The number of anilines is 1. The Morgan fingerprint density at radius 3 is 2.56 bits per heavy atom. The number of hydrogen-bond acceptors (Lipinski definition) is 3. The van der Waals surface area contributed by atoms with E-state index in [2.05, 4.69) is 4.40 Å². The first-order valence-corrected chi connectivity index (χ1v) is 6.05. The SMILES string of the molecule is CC(=O)N1c2ccccc2C(C)=NS1(=O)=O. The van der Waals surface area contributed by atoms with Crippen molar-refractivity contribution in [3.8, 4) is 0 Å². The number of hydrogen-bond donors (Lipinski definition) is 0. The zero-order valence-electron chi connectivity index (χ0n) is 8.84. The summed E-state index contributed by atoms with van der Waals surface area (Å²) >= 11 is 0. The summed E-state index contributed by atoms with van der Waals surface area (Å²) in [5, 5.41) is 0. The highest BCUT2D eigenvalue weighted by Gasteiger charge is 2.32. The number of carbonyl (C=O) groups excluding carboxylic acids is 1. The molecule has 1 heterocycles. The maximum atomic E-state index is 11.7. The lowest BCUT2D eigenvalue weighted by Crippen LogP contribution is -2.37. The van der Waals surface area contributed by atoms with Gasteiger partial charge in [0.1, 0.15) is 0 Å². The van der Waals surface area contributed by atoms with Crippen LogP contribution in [0.25, 0.3) is 0 Å². The maximum Gasteiger partial charge on any atom is 0.351 e. The fourth-order valence-corrected chi connectivity index (χ4v) is 2.93. The Morgan fingerprint density at radius 2 is 1.94 bits per heavy atom. The number of fused-ring (bicyclic) bond motifs is 1. The number of rotatable bonds is 0. The van der Waals surface area contributed by atoms with Crippen LogP contribution in [0, 0.1) is 0 Å². The van der Waals surface area contributed by atoms with E-state index in [0.29, 0.717) is 17.0 Å². The van der Waals surface area contributed by atoms with Gasteiger partial charge in [-0.2, -0.15) is 12.7 Å². The van der Waals surface area contributed by atoms with Crippen molar-refractivity contribution in [2.24, 2.45) is 4.40 Å². The van der Waals surface area contributed by atoms with Gasteiger partial charge in [0.2, 0.25) is 5.91 Å². The second-order valence-electron chi connectivity index (χ2n) is 3.46. The van der Waals surface area contributed by atoms with Gasteiger partial charge in [0.05, 0.1) is 11.4 Å². The predicted molar refractivity (Wildman–Crippen MR) is 60.7 cm³/mol. The molecule has 0 saturated heterocycles. The molecule has 0 saturated carbocycles. The van der Waals surface area contributed by atoms with E-state index < -0.39 is 16.1 Å². The van der Waals surface area contributed by atoms with E-state index in [0.717, 1.165) is 4.31 Å². The first-order valence-electron chi connectivity index (χ1n) is 4.65. The van der Waals surface area contributed by atoms with Gasteiger partial charge < -0.3 is 0 Å². The van der Waals surface area contributed by atoms with Crippen LogP contribution in [0.5, 0.6) is 0 Å². The Morgan fingerprint density at radius 1 is 1.31 bits per heavy atom. The highest BCUT2D eigenvalue weighted by Crippen LogP contribution is 2.29. The van der Waals surface area contributed by atoms with Gasteiger partial charge >= 0.3 is 10.2 Å². The Bertz CT molecular complexity index is 590. The van der Waals surface area contributed by atoms with Crippen LogP contribution in [-0.2, 0) is 15.0 Å². The van der Waals surface area contributed by atoms with Crippen molar-refractivity contribution in [1.82, 2.24) is 0 Å². The molecule has 16 heavy (non-hydrogen) atoms. The van der Waals surface area contributed by atoms with Gasteiger partial charge in [-0.05, 0) is 13.0 Å². The summed E-state index contributed by atoms with van der Waals surface area (Å²) in [4.78, 5) is 11.4. The van der Waals surface area contributed by atoms with Crippen molar-refractivity contribution in [2.75, 3.05) is 4.31 Å². The number of amides is 1. The van der Waals surface area contributed by atoms with Crippen LogP contribution in [0.2, 0.25) is 0 Å². The molecule has 0 N–H and O–H groups in total. The smallest absolute Gasteiger partial charge is 0.274 e. The summed E-state index contributed by atoms with van der Waals surface area (Å²) < 4.78 is 27.7. The fraction of sp³-hybridized carbons (Fsp3) is 0.200. The summed E-state index contributed by atoms with van der Waals surface area (Å²) in [6.07, 6.45) is 0. The third-order valence-corrected chi connectivity index (χ3v) is 3.70. The standard InChI is InChI=1S/C10H10N2O3S/c1-7-9-5-3-4-6-10(9)12(8(2)13)16(14,15)11-7/h3-6H,1-2H3. The molecule has 0 bridgehead atoms. The third kappa shape index (κ3) is 1.51. The lowest BCUT2D eigenvalue weighted by Gasteiger charge is -2.25. The van der Waals surface area contributed by atoms with Crippen molar-refractivity contribution in [2.45, 2.75) is 13.8 Å². The van der Waals surface area contributed by atoms with Crippen LogP contribution in [0.3, 0.4) is 0 Å². The zero-order valence-corrected chi connectivity index (χ0v) is 9.65. The van der Waals surface area contributed by atoms with E-state index in [1.54, 1.807) is 31.2 Å². The van der Waals surface area contributed by atoms with Gasteiger partial charge in [-0.3, -0.25) is 4.79 Å². The Hall–Kier alpha value is -1.69. The molecule has 0 radical (unpaired) electrons. The highest BCUT2D eigenvalue weighted by atomic mass is 32.2. The maximum absolute atomic E-state index is 11.7. The minimum Gasteiger partial charge on any atom is -0.274 e. The van der Waals surface area contributed by atoms with Crippen LogP contribution >= 0.6 is 0 Å². The zero-order chi connectivity index (χ0) is 11.9. The molecule has 0 atom stereocenters. The minimum absolute atomic E-state index is 0.363. The van der Waals surface area contributed by atoms with Gasteiger partial charge in [-0.15, -0.1) is 4.40 Å². The largest absolute Gasteiger partial charge is 0.351 e. The van der Waals surface area contributed by atoms with Crippen molar-refractivity contribution < 1.29 is 13.2 Å². The summed E-state index contributed by atoms with van der Waals surface area (Å²) in [7, 11) is -3.91. The second-order valence-corrected chi connectivity index (χ2v) is 4.90. The van der Waals surface area contributed by atoms with Crippen LogP contribution in [0.15, 0.2) is 28.7 Å². The molecule has 1 aliphatic heterocycles. The topological polar surface area (TPSA) is 66.8 Å². The molecule has 6 heteroatoms. The Labute approximate surface area is 93.6 Å². The normalized spacial score (nSPS) is 17.6. The first-order chi connectivity index (χ1) is 7.43. The van der Waals surface area contributed by atoms with Crippen LogP contribution in [-0.4, -0.2) is 20.0 Å². The van der Waals surface area contributed by atoms with Gasteiger partial charge in [-0.1, -0.05) is 18.2 Å². The molecule has 0 spiro atoms. The van der Waals surface area contributed by atoms with Crippen molar-refractivity contribution in [3.63, 3.8) is 0 Å². The molecule has 1 aromatic rings. The van der Waals surface area contributed by atoms with E-state index >= 15 is 0 Å². The second kappa shape index (κ2) is 3.41. The average molecular weight is 238 g/mol. The number of benzene rings is 1. The monoisotopic (exact) mass is 238 g/mol. The van der Waals surface area contributed by atoms with Crippen LogP contribution in [0.4, 0.5) is 5.69 Å². The fourth-order valence-electron chi connectivity index (χ4n) is 1.68. The van der Waals surface area contributed by atoms with Gasteiger partial charge in [-0.25, -0.2) is 0 Å². The molecule has 5 nitrogen and oxygen atoms in total. The molecule has 0 aliphatic carbocycles. The molecule has 1 amide bonds. The lowest BCUT2D eigenvalue weighted by molar-refractivity contribution is -0.115. The molecule has 0 fully saturated rings. The van der Waals surface area contributed by atoms with Gasteiger partial charge in [0, 0.05) is 12.5 Å². The number of carbonyl (C=O) groups is 1. The Kier molecular flexibility index (Phi) is 2.31. The van der Waals surface area contributed by atoms with Crippen molar-refractivity contribution >= 4 is 27.5 Å². The number of para-hydroxylation sites is 1. The molecule has 84 valence electrons. The highest BCUT2D eigenvalue weighted by molar-refractivity contribution is 7.92. The molecule has 0 aromatic heterocycles. The van der Waals surface area contributed by atoms with E-state index in [1.165, 1.54) is 6.92 Å². The third-order valence-electron chi connectivity index (χ3n) is 2.28. The summed E-state index contributed by atoms with van der Waals surface area (Å²) in [6.45, 7) is 2.80. The van der Waals surface area contributed by atoms with Crippen molar-refractivity contribution in [1.29, 1.82) is 0 Å².